The minimum atomic E-state index is 0.713. The molecular formula is C19H28N2. The number of rotatable bonds is 1. The summed E-state index contributed by atoms with van der Waals surface area (Å²) in [4.78, 5) is 2.68. The van der Waals surface area contributed by atoms with Crippen LogP contribution in [0.25, 0.3) is 0 Å². The lowest BCUT2D eigenvalue weighted by Gasteiger charge is -2.45. The Labute approximate surface area is 128 Å². The smallest absolute Gasteiger partial charge is 0.0402 e. The normalized spacial score (nSPS) is 24.9. The summed E-state index contributed by atoms with van der Waals surface area (Å²) < 4.78 is 0. The first-order valence-electron chi connectivity index (χ1n) is 8.93. The van der Waals surface area contributed by atoms with E-state index in [-0.39, 0.29) is 0 Å². The Bertz CT molecular complexity index is 492. The molecule has 0 unspecified atom stereocenters. The second-order valence-electron chi connectivity index (χ2n) is 7.39. The summed E-state index contributed by atoms with van der Waals surface area (Å²) in [6, 6.07) is 6.92. The topological polar surface area (TPSA) is 15.3 Å². The molecule has 4 rings (SSSR count). The maximum atomic E-state index is 3.50. The van der Waals surface area contributed by atoms with Gasteiger partial charge >= 0.3 is 0 Å². The molecule has 1 spiro atoms. The number of piperidine rings is 1. The molecule has 1 aromatic carbocycles. The van der Waals surface area contributed by atoms with Gasteiger partial charge in [0.15, 0.2) is 0 Å². The van der Waals surface area contributed by atoms with Crippen LogP contribution in [0.5, 0.6) is 0 Å². The van der Waals surface area contributed by atoms with Crippen molar-refractivity contribution >= 4 is 5.69 Å². The number of fused-ring (bicyclic) bond motifs is 1. The van der Waals surface area contributed by atoms with E-state index in [9.17, 15) is 0 Å². The zero-order valence-corrected chi connectivity index (χ0v) is 13.2. The van der Waals surface area contributed by atoms with Crippen molar-refractivity contribution in [2.24, 2.45) is 5.41 Å². The monoisotopic (exact) mass is 284 g/mol. The third-order valence-electron chi connectivity index (χ3n) is 6.19. The highest BCUT2D eigenvalue weighted by Gasteiger charge is 2.36. The highest BCUT2D eigenvalue weighted by Crippen LogP contribution is 2.45. The Morgan fingerprint density at radius 2 is 1.76 bits per heavy atom. The van der Waals surface area contributed by atoms with Crippen LogP contribution in [0.4, 0.5) is 5.69 Å². The molecule has 0 atom stereocenters. The van der Waals surface area contributed by atoms with E-state index in [1.807, 2.05) is 0 Å². The first-order valence-corrected chi connectivity index (χ1v) is 8.93. The molecule has 2 heteroatoms. The maximum Gasteiger partial charge on any atom is 0.0402 e. The van der Waals surface area contributed by atoms with Gasteiger partial charge in [-0.3, -0.25) is 0 Å². The minimum Gasteiger partial charge on any atom is -0.371 e. The van der Waals surface area contributed by atoms with Crippen molar-refractivity contribution in [2.45, 2.75) is 57.9 Å². The average molecular weight is 284 g/mol. The summed E-state index contributed by atoms with van der Waals surface area (Å²) in [5.41, 5.74) is 5.40. The van der Waals surface area contributed by atoms with Crippen LogP contribution in [0.15, 0.2) is 18.2 Å². The summed E-state index contributed by atoms with van der Waals surface area (Å²) >= 11 is 0. The quantitative estimate of drug-likeness (QED) is 0.842. The van der Waals surface area contributed by atoms with Gasteiger partial charge in [-0.25, -0.2) is 0 Å². The van der Waals surface area contributed by atoms with Crippen LogP contribution in [-0.2, 0) is 13.0 Å². The van der Waals surface area contributed by atoms with Crippen LogP contribution in [-0.4, -0.2) is 19.6 Å². The van der Waals surface area contributed by atoms with Crippen molar-refractivity contribution in [3.8, 4) is 0 Å². The molecule has 1 aliphatic carbocycles. The van der Waals surface area contributed by atoms with Gasteiger partial charge in [0.2, 0.25) is 0 Å². The second-order valence-corrected chi connectivity index (χ2v) is 7.39. The Hall–Kier alpha value is -1.02. The molecule has 0 radical (unpaired) electrons. The van der Waals surface area contributed by atoms with E-state index < -0.39 is 0 Å². The van der Waals surface area contributed by atoms with Gasteiger partial charge in [0.05, 0.1) is 0 Å². The summed E-state index contributed by atoms with van der Waals surface area (Å²) in [6.07, 6.45) is 11.5. The van der Waals surface area contributed by atoms with Gasteiger partial charge in [0.25, 0.3) is 0 Å². The molecule has 1 saturated heterocycles. The number of hydrogen-bond donors (Lipinski definition) is 1. The summed E-state index contributed by atoms with van der Waals surface area (Å²) in [6.45, 7) is 4.76. The Morgan fingerprint density at radius 1 is 0.952 bits per heavy atom. The van der Waals surface area contributed by atoms with E-state index >= 15 is 0 Å². The van der Waals surface area contributed by atoms with E-state index in [1.165, 1.54) is 70.0 Å². The van der Waals surface area contributed by atoms with Crippen molar-refractivity contribution in [1.82, 2.24) is 5.32 Å². The Morgan fingerprint density at radius 3 is 2.57 bits per heavy atom. The SMILES string of the molecule is c1cc2c(c(N3CCC4(CCCCC4)CC3)c1)CCNC2. The molecular weight excluding hydrogens is 256 g/mol. The number of nitrogens with one attached hydrogen (secondary N) is 1. The fourth-order valence-electron chi connectivity index (χ4n) is 4.83. The maximum absolute atomic E-state index is 3.50. The summed E-state index contributed by atoms with van der Waals surface area (Å²) in [5.74, 6) is 0. The molecule has 1 saturated carbocycles. The predicted molar refractivity (Wildman–Crippen MR) is 88.8 cm³/mol. The third kappa shape index (κ3) is 2.59. The van der Waals surface area contributed by atoms with Gasteiger partial charge in [0.1, 0.15) is 0 Å². The lowest BCUT2D eigenvalue weighted by Crippen LogP contribution is -2.42. The highest BCUT2D eigenvalue weighted by atomic mass is 15.1. The first-order chi connectivity index (χ1) is 10.4. The molecule has 2 aliphatic heterocycles. The van der Waals surface area contributed by atoms with E-state index in [1.54, 1.807) is 11.3 Å². The van der Waals surface area contributed by atoms with Crippen molar-refractivity contribution in [3.63, 3.8) is 0 Å². The summed E-state index contributed by atoms with van der Waals surface area (Å²) in [5, 5.41) is 3.50. The Kier molecular flexibility index (Phi) is 3.66. The van der Waals surface area contributed by atoms with Gasteiger partial charge in [-0.2, -0.15) is 0 Å². The molecule has 2 nitrogen and oxygen atoms in total. The zero-order valence-electron chi connectivity index (χ0n) is 13.2. The van der Waals surface area contributed by atoms with Gasteiger partial charge in [-0.15, -0.1) is 0 Å². The van der Waals surface area contributed by atoms with Gasteiger partial charge in [0, 0.05) is 25.3 Å². The van der Waals surface area contributed by atoms with Gasteiger partial charge in [-0.1, -0.05) is 31.4 Å². The van der Waals surface area contributed by atoms with Crippen LogP contribution < -0.4 is 10.2 Å². The molecule has 0 aromatic heterocycles. The molecule has 0 amide bonds. The molecule has 3 aliphatic rings. The van der Waals surface area contributed by atoms with E-state index in [0.717, 1.165) is 13.1 Å². The van der Waals surface area contributed by atoms with Crippen molar-refractivity contribution in [1.29, 1.82) is 0 Å². The van der Waals surface area contributed by atoms with Crippen LogP contribution in [0, 0.1) is 5.41 Å². The fourth-order valence-corrected chi connectivity index (χ4v) is 4.83. The molecule has 114 valence electrons. The number of benzene rings is 1. The van der Waals surface area contributed by atoms with Crippen LogP contribution >= 0.6 is 0 Å². The fraction of sp³-hybridized carbons (Fsp3) is 0.684. The second kappa shape index (κ2) is 5.64. The van der Waals surface area contributed by atoms with Gasteiger partial charge < -0.3 is 10.2 Å². The number of anilines is 1. The first kappa shape index (κ1) is 13.6. The van der Waals surface area contributed by atoms with E-state index in [2.05, 4.69) is 28.4 Å². The van der Waals surface area contributed by atoms with E-state index in [4.69, 9.17) is 0 Å². The predicted octanol–water partition coefficient (Wildman–Crippen LogP) is 3.88. The molecule has 2 heterocycles. The van der Waals surface area contributed by atoms with E-state index in [0.29, 0.717) is 5.41 Å². The molecule has 2 fully saturated rings. The van der Waals surface area contributed by atoms with Crippen LogP contribution in [0.1, 0.15) is 56.1 Å². The van der Waals surface area contributed by atoms with Crippen molar-refractivity contribution < 1.29 is 0 Å². The van der Waals surface area contributed by atoms with Crippen molar-refractivity contribution in [3.05, 3.63) is 29.3 Å². The standard InChI is InChI=1S/C19H28N2/c1-2-8-19(9-3-1)10-13-21(14-11-19)18-6-4-5-16-15-20-12-7-17(16)18/h4-6,20H,1-3,7-15H2. The van der Waals surface area contributed by atoms with Crippen LogP contribution in [0.2, 0.25) is 0 Å². The minimum absolute atomic E-state index is 0.713. The zero-order chi connectivity index (χ0) is 14.1. The highest BCUT2D eigenvalue weighted by molar-refractivity contribution is 5.58. The lowest BCUT2D eigenvalue weighted by atomic mass is 9.68. The number of nitrogens with zero attached hydrogens (tertiary/aromatic N) is 1. The molecule has 0 bridgehead atoms. The van der Waals surface area contributed by atoms with Crippen molar-refractivity contribution in [2.75, 3.05) is 24.5 Å². The largest absolute Gasteiger partial charge is 0.371 e. The van der Waals surface area contributed by atoms with Crippen LogP contribution in [0.3, 0.4) is 0 Å². The molecule has 1 aromatic rings. The lowest BCUT2D eigenvalue weighted by molar-refractivity contribution is 0.144. The average Bonchev–Trinajstić information content (AvgIpc) is 2.56. The third-order valence-corrected chi connectivity index (χ3v) is 6.19. The Balaban J connectivity index is 1.51. The van der Waals surface area contributed by atoms with Gasteiger partial charge in [-0.05, 0) is 61.3 Å². The molecule has 1 N–H and O–H groups in total. The summed E-state index contributed by atoms with van der Waals surface area (Å²) in [7, 11) is 0. The molecule has 21 heavy (non-hydrogen) atoms. The number of hydrogen-bond acceptors (Lipinski definition) is 2.